The molecule has 0 amide bonds. The Morgan fingerprint density at radius 1 is 1.00 bits per heavy atom. The largest absolute Gasteiger partial charge is 0.377 e. The third kappa shape index (κ3) is 4.26. The van der Waals surface area contributed by atoms with E-state index in [0.29, 0.717) is 23.9 Å². The molecule has 0 aliphatic carbocycles. The Morgan fingerprint density at radius 2 is 1.76 bits per heavy atom. The molecule has 0 spiro atoms. The van der Waals surface area contributed by atoms with Gasteiger partial charge in [-0.1, -0.05) is 43.3 Å². The summed E-state index contributed by atoms with van der Waals surface area (Å²) in [6.07, 6.45) is 1.000. The highest BCUT2D eigenvalue weighted by Gasteiger charge is 2.09. The summed E-state index contributed by atoms with van der Waals surface area (Å²) in [4.78, 5) is 21.1. The van der Waals surface area contributed by atoms with E-state index in [2.05, 4.69) is 56.9 Å². The zero-order valence-electron chi connectivity index (χ0n) is 15.9. The van der Waals surface area contributed by atoms with Crippen LogP contribution in [0.5, 0.6) is 0 Å². The van der Waals surface area contributed by atoms with Gasteiger partial charge in [0.15, 0.2) is 0 Å². The van der Waals surface area contributed by atoms with Gasteiger partial charge in [-0.15, -0.1) is 0 Å². The summed E-state index contributed by atoms with van der Waals surface area (Å²) in [6, 6.07) is 16.1. The molecule has 2 aromatic carbocycles. The molecule has 0 saturated carbocycles. The van der Waals surface area contributed by atoms with Gasteiger partial charge >= 0.3 is 0 Å². The fraction of sp³-hybridized carbons (Fsp3) is 0.190. The molecule has 8 heteroatoms. The number of aryl methyl sites for hydroxylation is 1. The topological polar surface area (TPSA) is 87.1 Å². The van der Waals surface area contributed by atoms with Crippen LogP contribution in [0.1, 0.15) is 23.7 Å². The minimum absolute atomic E-state index is 0.214. The van der Waals surface area contributed by atoms with Crippen LogP contribution in [-0.4, -0.2) is 19.6 Å². The lowest BCUT2D eigenvalue weighted by Gasteiger charge is -2.06. The molecule has 0 aliphatic rings. The van der Waals surface area contributed by atoms with Crippen molar-refractivity contribution >= 4 is 17.4 Å². The first kappa shape index (κ1) is 18.7. The fourth-order valence-electron chi connectivity index (χ4n) is 2.97. The first-order chi connectivity index (χ1) is 14.1. The summed E-state index contributed by atoms with van der Waals surface area (Å²) in [6.45, 7) is 2.90. The van der Waals surface area contributed by atoms with Crippen LogP contribution in [0.3, 0.4) is 0 Å². The van der Waals surface area contributed by atoms with Crippen LogP contribution in [-0.2, 0) is 19.5 Å². The molecule has 0 bridgehead atoms. The lowest BCUT2D eigenvalue weighted by atomic mass is 10.1. The van der Waals surface area contributed by atoms with Gasteiger partial charge in [-0.05, 0) is 29.7 Å². The molecule has 0 aliphatic heterocycles. The van der Waals surface area contributed by atoms with Gasteiger partial charge in [0.05, 0.1) is 17.9 Å². The molecule has 4 aromatic rings. The first-order valence-corrected chi connectivity index (χ1v) is 9.41. The van der Waals surface area contributed by atoms with Crippen LogP contribution in [0.25, 0.3) is 5.78 Å². The molecule has 0 atom stereocenters. The second-order valence-corrected chi connectivity index (χ2v) is 6.65. The number of anilines is 2. The number of benzene rings is 2. The molecule has 148 valence electrons. The summed E-state index contributed by atoms with van der Waals surface area (Å²) in [5.41, 5.74) is 2.94. The Morgan fingerprint density at radius 3 is 2.52 bits per heavy atom. The lowest BCUT2D eigenvalue weighted by molar-refractivity contribution is 0.630. The molecule has 0 unspecified atom stereocenters. The van der Waals surface area contributed by atoms with Crippen LogP contribution in [0.15, 0.2) is 59.4 Å². The van der Waals surface area contributed by atoms with Crippen molar-refractivity contribution in [3.05, 3.63) is 87.6 Å². The number of halogens is 1. The third-order valence-corrected chi connectivity index (χ3v) is 4.61. The van der Waals surface area contributed by atoms with Crippen LogP contribution in [0, 0.1) is 5.82 Å². The molecule has 4 rings (SSSR count). The zero-order valence-corrected chi connectivity index (χ0v) is 15.9. The van der Waals surface area contributed by atoms with Gasteiger partial charge in [0.2, 0.25) is 5.95 Å². The second kappa shape index (κ2) is 8.14. The highest BCUT2D eigenvalue weighted by Crippen LogP contribution is 2.13. The van der Waals surface area contributed by atoms with Gasteiger partial charge in [0.1, 0.15) is 5.82 Å². The molecule has 3 N–H and O–H groups in total. The van der Waals surface area contributed by atoms with Crippen molar-refractivity contribution in [3.63, 3.8) is 0 Å². The molecule has 2 aromatic heterocycles. The predicted molar refractivity (Wildman–Crippen MR) is 110 cm³/mol. The number of aromatic nitrogens is 4. The standard InChI is InChI=1S/C21H21FN6O/c1-2-14-7-9-15(10-8-14)12-24-20-26-21-25-16(11-19(29)28(21)27-20)13-23-18-6-4-3-5-17(18)22/h3-11,23H,2,12-13H2,1H3,(H2,24,25,26,27). The van der Waals surface area contributed by atoms with Crippen molar-refractivity contribution in [2.45, 2.75) is 26.4 Å². The van der Waals surface area contributed by atoms with E-state index in [4.69, 9.17) is 0 Å². The molecule has 7 nitrogen and oxygen atoms in total. The van der Waals surface area contributed by atoms with Crippen molar-refractivity contribution in [1.29, 1.82) is 0 Å². The van der Waals surface area contributed by atoms with E-state index >= 15 is 0 Å². The van der Waals surface area contributed by atoms with Crippen LogP contribution >= 0.6 is 0 Å². The van der Waals surface area contributed by atoms with Gasteiger partial charge in [0.25, 0.3) is 11.3 Å². The molecular weight excluding hydrogens is 371 g/mol. The van der Waals surface area contributed by atoms with E-state index in [0.717, 1.165) is 12.0 Å². The maximum absolute atomic E-state index is 13.7. The van der Waals surface area contributed by atoms with E-state index in [1.807, 2.05) is 0 Å². The second-order valence-electron chi connectivity index (χ2n) is 6.65. The normalized spacial score (nSPS) is 11.0. The molecule has 2 heterocycles. The van der Waals surface area contributed by atoms with Crippen molar-refractivity contribution < 1.29 is 4.39 Å². The summed E-state index contributed by atoms with van der Waals surface area (Å²) in [5, 5.41) is 9.02. The maximum atomic E-state index is 13.7. The Kier molecular flexibility index (Phi) is 5.24. The van der Waals surface area contributed by atoms with Gasteiger partial charge < -0.3 is 10.6 Å². The molecule has 29 heavy (non-hydrogen) atoms. The third-order valence-electron chi connectivity index (χ3n) is 4.61. The van der Waals surface area contributed by atoms with Crippen molar-refractivity contribution in [3.8, 4) is 0 Å². The lowest BCUT2D eigenvalue weighted by Crippen LogP contribution is -2.17. The van der Waals surface area contributed by atoms with Crippen LogP contribution in [0.2, 0.25) is 0 Å². The minimum Gasteiger partial charge on any atom is -0.377 e. The number of H-pyrrole nitrogens is 1. The Hall–Kier alpha value is -3.68. The number of fused-ring (bicyclic) bond motifs is 1. The number of hydrogen-bond acceptors (Lipinski definition) is 5. The van der Waals surface area contributed by atoms with Gasteiger partial charge in [-0.3, -0.25) is 9.89 Å². The Bertz CT molecular complexity index is 1180. The Balaban J connectivity index is 1.47. The van der Waals surface area contributed by atoms with E-state index < -0.39 is 0 Å². The first-order valence-electron chi connectivity index (χ1n) is 9.41. The van der Waals surface area contributed by atoms with E-state index in [1.54, 1.807) is 18.2 Å². The smallest absolute Gasteiger partial charge is 0.274 e. The zero-order chi connectivity index (χ0) is 20.2. The SMILES string of the molecule is CCc1ccc(CNc2nc3nc(CNc4ccccc4F)cc(=O)n3[nH]2)cc1. The minimum atomic E-state index is -0.358. The molecule has 0 fully saturated rings. The molecule has 0 radical (unpaired) electrons. The van der Waals surface area contributed by atoms with E-state index in [1.165, 1.54) is 22.2 Å². The average Bonchev–Trinajstić information content (AvgIpc) is 3.16. The van der Waals surface area contributed by atoms with Crippen LogP contribution < -0.4 is 16.2 Å². The van der Waals surface area contributed by atoms with E-state index in [-0.39, 0.29) is 23.7 Å². The summed E-state index contributed by atoms with van der Waals surface area (Å²) in [5.74, 6) is 0.351. The number of para-hydroxylation sites is 1. The summed E-state index contributed by atoms with van der Waals surface area (Å²) >= 11 is 0. The molecular formula is C21H21FN6O. The summed E-state index contributed by atoms with van der Waals surface area (Å²) in [7, 11) is 0. The highest BCUT2D eigenvalue weighted by atomic mass is 19.1. The number of nitrogens with one attached hydrogen (secondary N) is 3. The summed E-state index contributed by atoms with van der Waals surface area (Å²) < 4.78 is 15.0. The Labute approximate surface area is 166 Å². The number of aromatic amines is 1. The number of hydrogen-bond donors (Lipinski definition) is 3. The number of rotatable bonds is 7. The average molecular weight is 392 g/mol. The van der Waals surface area contributed by atoms with Crippen LogP contribution in [0.4, 0.5) is 16.0 Å². The molecule has 0 saturated heterocycles. The highest BCUT2D eigenvalue weighted by molar-refractivity contribution is 5.45. The van der Waals surface area contributed by atoms with E-state index in [9.17, 15) is 9.18 Å². The fourth-order valence-corrected chi connectivity index (χ4v) is 2.97. The monoisotopic (exact) mass is 392 g/mol. The van der Waals surface area contributed by atoms with Gasteiger partial charge in [-0.2, -0.15) is 9.50 Å². The predicted octanol–water partition coefficient (Wildman–Crippen LogP) is 3.34. The maximum Gasteiger partial charge on any atom is 0.274 e. The quantitative estimate of drug-likeness (QED) is 0.449. The van der Waals surface area contributed by atoms with Crippen molar-refractivity contribution in [2.75, 3.05) is 10.6 Å². The van der Waals surface area contributed by atoms with Gasteiger partial charge in [0, 0.05) is 12.6 Å². The van der Waals surface area contributed by atoms with Crippen molar-refractivity contribution in [1.82, 2.24) is 19.6 Å². The number of nitrogens with zero attached hydrogens (tertiary/aromatic N) is 3. The van der Waals surface area contributed by atoms with Crippen molar-refractivity contribution in [2.24, 2.45) is 0 Å². The van der Waals surface area contributed by atoms with Gasteiger partial charge in [-0.25, -0.2) is 9.37 Å².